The van der Waals surface area contributed by atoms with E-state index in [1.165, 1.54) is 6.92 Å². The van der Waals surface area contributed by atoms with Crippen LogP contribution in [-0.4, -0.2) is 31.2 Å². The maximum atomic E-state index is 12.2. The number of amides is 2. The molecule has 1 atom stereocenters. The molecule has 2 aromatic rings. The average Bonchev–Trinajstić information content (AvgIpc) is 3.18. The lowest BCUT2D eigenvalue weighted by atomic mass is 10.0. The third-order valence-corrected chi connectivity index (χ3v) is 4.52. The fourth-order valence-corrected chi connectivity index (χ4v) is 2.97. The molecule has 0 saturated carbocycles. The summed E-state index contributed by atoms with van der Waals surface area (Å²) in [5, 5.41) is 5.43. The van der Waals surface area contributed by atoms with Gasteiger partial charge in [-0.1, -0.05) is 35.9 Å². The molecular weight excluding hydrogens is 388 g/mol. The van der Waals surface area contributed by atoms with E-state index in [9.17, 15) is 14.4 Å². The minimum atomic E-state index is -0.576. The summed E-state index contributed by atoms with van der Waals surface area (Å²) < 4.78 is 15.6. The number of hydrogen-bond donors (Lipinski definition) is 2. The van der Waals surface area contributed by atoms with Gasteiger partial charge < -0.3 is 24.8 Å². The van der Waals surface area contributed by atoms with Crippen molar-refractivity contribution in [2.75, 3.05) is 13.4 Å². The van der Waals surface area contributed by atoms with Gasteiger partial charge in [0.15, 0.2) is 18.1 Å². The van der Waals surface area contributed by atoms with Crippen molar-refractivity contribution in [3.05, 3.63) is 59.2 Å². The van der Waals surface area contributed by atoms with Crippen LogP contribution in [0.1, 0.15) is 36.1 Å². The Kier molecular flexibility index (Phi) is 6.90. The number of carbonyl (C=O) groups excluding carboxylic acids is 3. The molecular formula is C22H24N2O6. The number of carbonyl (C=O) groups is 3. The molecule has 2 aromatic carbocycles. The first-order valence-electron chi connectivity index (χ1n) is 9.55. The van der Waals surface area contributed by atoms with Crippen molar-refractivity contribution in [3.63, 3.8) is 0 Å². The Morgan fingerprint density at radius 3 is 2.53 bits per heavy atom. The molecule has 0 aliphatic carbocycles. The summed E-state index contributed by atoms with van der Waals surface area (Å²) in [5.41, 5.74) is 2.70. The predicted octanol–water partition coefficient (Wildman–Crippen LogP) is 2.15. The van der Waals surface area contributed by atoms with Gasteiger partial charge in [-0.05, 0) is 30.2 Å². The number of aryl methyl sites for hydroxylation is 1. The van der Waals surface area contributed by atoms with Crippen LogP contribution in [-0.2, 0) is 25.7 Å². The van der Waals surface area contributed by atoms with Crippen LogP contribution in [0.4, 0.5) is 0 Å². The highest BCUT2D eigenvalue weighted by molar-refractivity contribution is 5.81. The lowest BCUT2D eigenvalue weighted by molar-refractivity contribution is -0.149. The second-order valence-electron chi connectivity index (χ2n) is 6.99. The van der Waals surface area contributed by atoms with E-state index < -0.39 is 24.5 Å². The number of ether oxygens (including phenoxy) is 3. The first-order valence-corrected chi connectivity index (χ1v) is 9.55. The zero-order valence-electron chi connectivity index (χ0n) is 16.9. The molecule has 3 rings (SSSR count). The Balaban J connectivity index is 1.46. The first-order chi connectivity index (χ1) is 14.4. The minimum Gasteiger partial charge on any atom is -0.456 e. The van der Waals surface area contributed by atoms with Crippen LogP contribution < -0.4 is 20.1 Å². The molecule has 8 nitrogen and oxygen atoms in total. The molecule has 1 aliphatic heterocycles. The molecule has 1 heterocycles. The Bertz CT molecular complexity index is 926. The zero-order valence-corrected chi connectivity index (χ0v) is 16.9. The van der Waals surface area contributed by atoms with Crippen molar-refractivity contribution in [1.82, 2.24) is 10.6 Å². The van der Waals surface area contributed by atoms with E-state index in [4.69, 9.17) is 14.2 Å². The van der Waals surface area contributed by atoms with Gasteiger partial charge in [0.25, 0.3) is 5.91 Å². The summed E-state index contributed by atoms with van der Waals surface area (Å²) in [6.45, 7) is 3.39. The van der Waals surface area contributed by atoms with E-state index in [0.29, 0.717) is 11.5 Å². The summed E-state index contributed by atoms with van der Waals surface area (Å²) in [6.07, 6.45) is -0.0713. The van der Waals surface area contributed by atoms with Gasteiger partial charge >= 0.3 is 5.97 Å². The summed E-state index contributed by atoms with van der Waals surface area (Å²) in [4.78, 5) is 35.7. The third kappa shape index (κ3) is 5.97. The van der Waals surface area contributed by atoms with Gasteiger partial charge in [-0.25, -0.2) is 0 Å². The zero-order chi connectivity index (χ0) is 21.5. The smallest absolute Gasteiger partial charge is 0.308 e. The topological polar surface area (TPSA) is 103 Å². The van der Waals surface area contributed by atoms with Crippen LogP contribution in [0.2, 0.25) is 0 Å². The summed E-state index contributed by atoms with van der Waals surface area (Å²) in [5.74, 6) is 0.0458. The Morgan fingerprint density at radius 2 is 1.80 bits per heavy atom. The minimum absolute atomic E-state index is 0.0713. The van der Waals surface area contributed by atoms with Gasteiger partial charge in [0.2, 0.25) is 12.7 Å². The molecule has 30 heavy (non-hydrogen) atoms. The van der Waals surface area contributed by atoms with Crippen LogP contribution in [0.15, 0.2) is 42.5 Å². The monoisotopic (exact) mass is 412 g/mol. The normalized spacial score (nSPS) is 12.7. The highest BCUT2D eigenvalue weighted by Gasteiger charge is 2.19. The van der Waals surface area contributed by atoms with Gasteiger partial charge in [-0.2, -0.15) is 0 Å². The molecule has 8 heteroatoms. The Hall–Kier alpha value is -3.55. The summed E-state index contributed by atoms with van der Waals surface area (Å²) in [7, 11) is 0. The second-order valence-corrected chi connectivity index (χ2v) is 6.99. The van der Waals surface area contributed by atoms with E-state index in [2.05, 4.69) is 10.6 Å². The number of rotatable bonds is 8. The maximum Gasteiger partial charge on any atom is 0.308 e. The molecule has 2 amide bonds. The molecule has 1 unspecified atom stereocenters. The Morgan fingerprint density at radius 1 is 1.07 bits per heavy atom. The molecule has 2 N–H and O–H groups in total. The molecule has 1 aliphatic rings. The molecule has 0 aromatic heterocycles. The van der Waals surface area contributed by atoms with Gasteiger partial charge in [-0.3, -0.25) is 14.4 Å². The van der Waals surface area contributed by atoms with Crippen LogP contribution in [0.5, 0.6) is 11.5 Å². The van der Waals surface area contributed by atoms with E-state index >= 15 is 0 Å². The number of nitrogens with one attached hydrogen (secondary N) is 2. The summed E-state index contributed by atoms with van der Waals surface area (Å²) >= 11 is 0. The largest absolute Gasteiger partial charge is 0.456 e. The molecule has 0 saturated heterocycles. The van der Waals surface area contributed by atoms with Crippen LogP contribution in [0, 0.1) is 6.92 Å². The predicted molar refractivity (Wildman–Crippen MR) is 108 cm³/mol. The average molecular weight is 412 g/mol. The van der Waals surface area contributed by atoms with Crippen molar-refractivity contribution in [1.29, 1.82) is 0 Å². The standard InChI is InChI=1S/C22H24N2O6/c1-14-3-6-17(7-4-14)18(24-15(2)25)10-22(27)28-12-21(26)23-11-16-5-8-19-20(9-16)30-13-29-19/h3-9,18H,10-13H2,1-2H3,(H,23,26)(H,24,25). The van der Waals surface area contributed by atoms with Crippen molar-refractivity contribution >= 4 is 17.8 Å². The highest BCUT2D eigenvalue weighted by atomic mass is 16.7. The van der Waals surface area contributed by atoms with Crippen LogP contribution >= 0.6 is 0 Å². The van der Waals surface area contributed by atoms with Crippen molar-refractivity contribution in [3.8, 4) is 11.5 Å². The Labute approximate surface area is 174 Å². The number of benzene rings is 2. The number of fused-ring (bicyclic) bond motifs is 1. The third-order valence-electron chi connectivity index (χ3n) is 4.52. The fraction of sp³-hybridized carbons (Fsp3) is 0.318. The molecule has 158 valence electrons. The van der Waals surface area contributed by atoms with E-state index in [1.807, 2.05) is 37.3 Å². The van der Waals surface area contributed by atoms with E-state index in [-0.39, 0.29) is 25.7 Å². The summed E-state index contributed by atoms with van der Waals surface area (Å²) in [6, 6.07) is 12.4. The van der Waals surface area contributed by atoms with Gasteiger partial charge in [0, 0.05) is 13.5 Å². The van der Waals surface area contributed by atoms with Crippen LogP contribution in [0.3, 0.4) is 0 Å². The van der Waals surface area contributed by atoms with Gasteiger partial charge in [0.05, 0.1) is 12.5 Å². The quantitative estimate of drug-likeness (QED) is 0.644. The first kappa shape index (κ1) is 21.2. The highest BCUT2D eigenvalue weighted by Crippen LogP contribution is 2.32. The van der Waals surface area contributed by atoms with Gasteiger partial charge in [-0.15, -0.1) is 0 Å². The second kappa shape index (κ2) is 9.78. The molecule has 0 radical (unpaired) electrons. The maximum absolute atomic E-state index is 12.2. The van der Waals surface area contributed by atoms with Crippen molar-refractivity contribution < 1.29 is 28.6 Å². The molecule has 0 fully saturated rings. The lowest BCUT2D eigenvalue weighted by Crippen LogP contribution is -2.31. The van der Waals surface area contributed by atoms with Crippen molar-refractivity contribution in [2.45, 2.75) is 32.9 Å². The van der Waals surface area contributed by atoms with Crippen molar-refractivity contribution in [2.24, 2.45) is 0 Å². The number of esters is 1. The van der Waals surface area contributed by atoms with Gasteiger partial charge in [0.1, 0.15) is 0 Å². The SMILES string of the molecule is CC(=O)NC(CC(=O)OCC(=O)NCc1ccc2c(c1)OCO2)c1ccc(C)cc1. The fourth-order valence-electron chi connectivity index (χ4n) is 2.97. The molecule has 0 bridgehead atoms. The number of hydrogen-bond acceptors (Lipinski definition) is 6. The van der Waals surface area contributed by atoms with E-state index in [1.54, 1.807) is 12.1 Å². The van der Waals surface area contributed by atoms with Crippen LogP contribution in [0.25, 0.3) is 0 Å². The van der Waals surface area contributed by atoms with E-state index in [0.717, 1.165) is 16.7 Å². The lowest BCUT2D eigenvalue weighted by Gasteiger charge is -2.18. The molecule has 0 spiro atoms.